The van der Waals surface area contributed by atoms with Crippen molar-refractivity contribution in [2.24, 2.45) is 0 Å². The van der Waals surface area contributed by atoms with E-state index in [0.717, 1.165) is 5.56 Å². The van der Waals surface area contributed by atoms with Gasteiger partial charge in [0.2, 0.25) is 11.8 Å². The molecule has 5 heteroatoms. The largest absolute Gasteiger partial charge is 0.336 e. The number of rotatable bonds is 6. The van der Waals surface area contributed by atoms with Crippen molar-refractivity contribution >= 4 is 17.5 Å². The average Bonchev–Trinajstić information content (AvgIpc) is 2.59. The number of carbonyl (C=O) groups is 2. The van der Waals surface area contributed by atoms with Gasteiger partial charge in [0.05, 0.1) is 6.54 Å². The number of carbonyl (C=O) groups excluding carboxylic acids is 2. The van der Waals surface area contributed by atoms with Crippen molar-refractivity contribution in [2.75, 3.05) is 18.9 Å². The second-order valence-corrected chi connectivity index (χ2v) is 7.76. The minimum Gasteiger partial charge on any atom is -0.336 e. The van der Waals surface area contributed by atoms with Crippen LogP contribution in [0.3, 0.4) is 0 Å². The molecule has 0 atom stereocenters. The number of aryl methyl sites for hydroxylation is 1. The van der Waals surface area contributed by atoms with Crippen LogP contribution in [0.4, 0.5) is 10.1 Å². The first-order chi connectivity index (χ1) is 12.6. The number of halogens is 1. The third kappa shape index (κ3) is 6.51. The Labute approximate surface area is 160 Å². The maximum Gasteiger partial charge on any atom is 0.243 e. The minimum atomic E-state index is -0.422. The molecule has 0 aliphatic rings. The molecule has 1 N–H and O–H groups in total. The molecule has 2 amide bonds. The number of benzene rings is 2. The average molecular weight is 370 g/mol. The Balaban J connectivity index is 1.82. The van der Waals surface area contributed by atoms with Crippen molar-refractivity contribution in [2.45, 2.75) is 39.0 Å². The normalized spacial score (nSPS) is 11.1. The summed E-state index contributed by atoms with van der Waals surface area (Å²) in [6, 6.07) is 13.9. The summed E-state index contributed by atoms with van der Waals surface area (Å²) >= 11 is 0. The quantitative estimate of drug-likeness (QED) is 0.830. The highest BCUT2D eigenvalue weighted by Gasteiger charge is 2.15. The van der Waals surface area contributed by atoms with Crippen LogP contribution in [-0.2, 0) is 21.4 Å². The summed E-state index contributed by atoms with van der Waals surface area (Å²) in [6.45, 7) is 6.42. The van der Waals surface area contributed by atoms with E-state index in [1.807, 2.05) is 12.1 Å². The van der Waals surface area contributed by atoms with Crippen LogP contribution in [0.15, 0.2) is 48.5 Å². The number of nitrogens with zero attached hydrogens (tertiary/aromatic N) is 1. The number of hydrogen-bond acceptors (Lipinski definition) is 2. The fraction of sp³-hybridized carbons (Fsp3) is 0.364. The molecule has 0 saturated carbocycles. The van der Waals surface area contributed by atoms with Gasteiger partial charge in [0.1, 0.15) is 5.82 Å². The number of hydrogen-bond donors (Lipinski definition) is 1. The number of amides is 2. The predicted molar refractivity (Wildman–Crippen MR) is 106 cm³/mol. The van der Waals surface area contributed by atoms with Crippen molar-refractivity contribution in [3.8, 4) is 0 Å². The minimum absolute atomic E-state index is 0.0711. The number of nitrogens with one attached hydrogen (secondary N) is 1. The fourth-order valence-corrected chi connectivity index (χ4v) is 2.68. The topological polar surface area (TPSA) is 49.4 Å². The van der Waals surface area contributed by atoms with E-state index in [-0.39, 0.29) is 23.8 Å². The molecular formula is C22H27FN2O2. The van der Waals surface area contributed by atoms with E-state index in [4.69, 9.17) is 0 Å². The predicted octanol–water partition coefficient (Wildman–Crippen LogP) is 4.15. The van der Waals surface area contributed by atoms with E-state index in [9.17, 15) is 14.0 Å². The van der Waals surface area contributed by atoms with E-state index in [0.29, 0.717) is 18.5 Å². The van der Waals surface area contributed by atoms with Gasteiger partial charge in [-0.2, -0.15) is 0 Å². The molecule has 0 aliphatic carbocycles. The first kappa shape index (κ1) is 20.6. The molecule has 0 saturated heterocycles. The van der Waals surface area contributed by atoms with Crippen LogP contribution in [-0.4, -0.2) is 30.3 Å². The number of anilines is 1. The first-order valence-corrected chi connectivity index (χ1v) is 9.04. The zero-order chi connectivity index (χ0) is 20.0. The summed E-state index contributed by atoms with van der Waals surface area (Å²) in [5.41, 5.74) is 2.82. The summed E-state index contributed by atoms with van der Waals surface area (Å²) < 4.78 is 13.1. The highest BCUT2D eigenvalue weighted by atomic mass is 19.1. The third-order valence-corrected chi connectivity index (χ3v) is 4.36. The van der Waals surface area contributed by atoms with Crippen LogP contribution in [0.5, 0.6) is 0 Å². The zero-order valence-corrected chi connectivity index (χ0v) is 16.4. The molecule has 0 heterocycles. The van der Waals surface area contributed by atoms with Crippen LogP contribution in [0.1, 0.15) is 38.3 Å². The highest BCUT2D eigenvalue weighted by molar-refractivity contribution is 5.94. The van der Waals surface area contributed by atoms with Crippen LogP contribution in [0.2, 0.25) is 0 Å². The van der Waals surface area contributed by atoms with Crippen LogP contribution < -0.4 is 5.32 Å². The van der Waals surface area contributed by atoms with Gasteiger partial charge in [-0.15, -0.1) is 0 Å². The van der Waals surface area contributed by atoms with Gasteiger partial charge in [0, 0.05) is 19.2 Å². The Morgan fingerprint density at radius 3 is 2.33 bits per heavy atom. The van der Waals surface area contributed by atoms with Crippen molar-refractivity contribution in [3.63, 3.8) is 0 Å². The molecule has 0 aliphatic heterocycles. The van der Waals surface area contributed by atoms with Crippen molar-refractivity contribution in [1.29, 1.82) is 0 Å². The van der Waals surface area contributed by atoms with Crippen molar-refractivity contribution in [1.82, 2.24) is 4.90 Å². The van der Waals surface area contributed by atoms with Crippen molar-refractivity contribution in [3.05, 3.63) is 65.5 Å². The standard InChI is InChI=1S/C22H27FN2O2/c1-22(2,3)17-11-8-16(9-12-17)10-13-21(27)25(4)15-20(26)24-19-7-5-6-18(23)14-19/h5-9,11-12,14H,10,13,15H2,1-4H3,(H,24,26). The van der Waals surface area contributed by atoms with Gasteiger partial charge in [-0.3, -0.25) is 9.59 Å². The molecule has 144 valence electrons. The SMILES string of the molecule is CN(CC(=O)Nc1cccc(F)c1)C(=O)CCc1ccc(C(C)(C)C)cc1. The maximum atomic E-state index is 13.1. The Morgan fingerprint density at radius 1 is 1.07 bits per heavy atom. The second kappa shape index (κ2) is 8.80. The Hall–Kier alpha value is -2.69. The molecule has 0 aromatic heterocycles. The maximum absolute atomic E-state index is 13.1. The number of likely N-dealkylation sites (N-methyl/N-ethyl adjacent to an activating group) is 1. The summed E-state index contributed by atoms with van der Waals surface area (Å²) in [7, 11) is 1.59. The zero-order valence-electron chi connectivity index (χ0n) is 16.4. The molecule has 0 bridgehead atoms. The lowest BCUT2D eigenvalue weighted by Gasteiger charge is -2.19. The summed E-state index contributed by atoms with van der Waals surface area (Å²) in [6.07, 6.45) is 0.956. The van der Waals surface area contributed by atoms with E-state index < -0.39 is 5.82 Å². The van der Waals surface area contributed by atoms with E-state index in [2.05, 4.69) is 38.2 Å². The molecule has 2 aromatic carbocycles. The second-order valence-electron chi connectivity index (χ2n) is 7.76. The van der Waals surface area contributed by atoms with Gasteiger partial charge in [0.15, 0.2) is 0 Å². The summed E-state index contributed by atoms with van der Waals surface area (Å²) in [5, 5.41) is 2.59. The van der Waals surface area contributed by atoms with Gasteiger partial charge in [0.25, 0.3) is 0 Å². The molecule has 0 unspecified atom stereocenters. The first-order valence-electron chi connectivity index (χ1n) is 9.04. The molecule has 27 heavy (non-hydrogen) atoms. The molecule has 0 spiro atoms. The molecule has 2 rings (SSSR count). The highest BCUT2D eigenvalue weighted by Crippen LogP contribution is 2.22. The Morgan fingerprint density at radius 2 is 1.74 bits per heavy atom. The van der Waals surface area contributed by atoms with Gasteiger partial charge < -0.3 is 10.2 Å². The van der Waals surface area contributed by atoms with E-state index >= 15 is 0 Å². The Kier molecular flexibility index (Phi) is 6.72. The van der Waals surface area contributed by atoms with Crippen molar-refractivity contribution < 1.29 is 14.0 Å². The third-order valence-electron chi connectivity index (χ3n) is 4.36. The smallest absolute Gasteiger partial charge is 0.243 e. The molecule has 4 nitrogen and oxygen atoms in total. The van der Waals surface area contributed by atoms with Gasteiger partial charge in [-0.1, -0.05) is 51.1 Å². The van der Waals surface area contributed by atoms with E-state index in [1.165, 1.54) is 28.7 Å². The van der Waals surface area contributed by atoms with Crippen LogP contribution in [0, 0.1) is 5.82 Å². The monoisotopic (exact) mass is 370 g/mol. The van der Waals surface area contributed by atoms with E-state index in [1.54, 1.807) is 13.1 Å². The van der Waals surface area contributed by atoms with Gasteiger partial charge in [-0.25, -0.2) is 4.39 Å². The van der Waals surface area contributed by atoms with Crippen LogP contribution >= 0.6 is 0 Å². The molecule has 0 fully saturated rings. The molecule has 2 aromatic rings. The lowest BCUT2D eigenvalue weighted by molar-refractivity contribution is -0.133. The molecular weight excluding hydrogens is 343 g/mol. The lowest BCUT2D eigenvalue weighted by atomic mass is 9.86. The summed E-state index contributed by atoms with van der Waals surface area (Å²) in [4.78, 5) is 25.7. The van der Waals surface area contributed by atoms with Crippen LogP contribution in [0.25, 0.3) is 0 Å². The lowest BCUT2D eigenvalue weighted by Crippen LogP contribution is -2.35. The Bertz CT molecular complexity index is 795. The summed E-state index contributed by atoms with van der Waals surface area (Å²) in [5.74, 6) is -0.884. The molecule has 0 radical (unpaired) electrons. The van der Waals surface area contributed by atoms with Gasteiger partial charge in [-0.05, 0) is 41.2 Å². The fourth-order valence-electron chi connectivity index (χ4n) is 2.68. The van der Waals surface area contributed by atoms with Gasteiger partial charge >= 0.3 is 0 Å².